The molecule has 0 radical (unpaired) electrons. The zero-order valence-corrected chi connectivity index (χ0v) is 42.7. The number of rotatable bonds is 11. The van der Waals surface area contributed by atoms with Crippen LogP contribution in [0.2, 0.25) is 0 Å². The van der Waals surface area contributed by atoms with Gasteiger partial charge in [0.15, 0.2) is 5.82 Å². The Labute approximate surface area is 442 Å². The number of aliphatic hydroxyl groups is 2. The van der Waals surface area contributed by atoms with E-state index in [1.165, 1.54) is 21.9 Å². The van der Waals surface area contributed by atoms with Gasteiger partial charge in [-0.2, -0.15) is 30.3 Å². The number of primary amides is 2. The molecule has 14 nitrogen and oxygen atoms in total. The Hall–Kier alpha value is -4.59. The van der Waals surface area contributed by atoms with Gasteiger partial charge < -0.3 is 41.0 Å². The first-order valence-corrected chi connectivity index (χ1v) is 21.1. The van der Waals surface area contributed by atoms with Crippen molar-refractivity contribution in [2.75, 3.05) is 54.6 Å². The number of carbonyl (C=O) groups is 4. The minimum atomic E-state index is -3.67. The molecule has 2 aliphatic heterocycles. The Kier molecular flexibility index (Phi) is 25.2. The summed E-state index contributed by atoms with van der Waals surface area (Å²) in [6.45, 7) is 1.97. The molecule has 2 aromatic heterocycles. The molecule has 2 fully saturated rings. The number of likely N-dealkylation sites (N-methyl/N-ethyl adjacent to an activating group) is 2. The van der Waals surface area contributed by atoms with E-state index in [4.69, 9.17) is 20.9 Å². The number of benzene rings is 2. The average molecular weight is 1040 g/mol. The van der Waals surface area contributed by atoms with E-state index in [1.807, 2.05) is 12.1 Å². The molecular formula is C46H48BBrF5KN6O8. The summed E-state index contributed by atoms with van der Waals surface area (Å²) in [5.74, 6) is 7.61. The van der Waals surface area contributed by atoms with Crippen LogP contribution in [0, 0.1) is 41.4 Å². The molecule has 4 heterocycles. The molecule has 2 atom stereocenters. The van der Waals surface area contributed by atoms with Gasteiger partial charge in [0.25, 0.3) is 23.6 Å². The van der Waals surface area contributed by atoms with E-state index in [9.17, 15) is 51.1 Å². The molecule has 0 saturated carbocycles. The monoisotopic (exact) mass is 1040 g/mol. The predicted octanol–water partition coefficient (Wildman–Crippen LogP) is 1.49. The van der Waals surface area contributed by atoms with E-state index in [2.05, 4.69) is 55.6 Å². The summed E-state index contributed by atoms with van der Waals surface area (Å²) >= 11 is 2.91. The average Bonchev–Trinajstić information content (AvgIpc) is 3.70. The molecule has 356 valence electrons. The van der Waals surface area contributed by atoms with E-state index < -0.39 is 48.1 Å². The van der Waals surface area contributed by atoms with Crippen molar-refractivity contribution in [2.24, 2.45) is 11.5 Å². The van der Waals surface area contributed by atoms with Crippen molar-refractivity contribution in [3.8, 4) is 34.9 Å². The summed E-state index contributed by atoms with van der Waals surface area (Å²) in [5.41, 5.74) is 10.0. The number of halogens is 6. The van der Waals surface area contributed by atoms with Gasteiger partial charge in [0, 0.05) is 78.6 Å². The Morgan fingerprint density at radius 2 is 1.28 bits per heavy atom. The van der Waals surface area contributed by atoms with Gasteiger partial charge in [-0.25, -0.2) is 18.7 Å². The molecule has 0 spiro atoms. The number of carbonyl (C=O) groups excluding carboxylic acids is 4. The van der Waals surface area contributed by atoms with Crippen LogP contribution in [-0.4, -0.2) is 127 Å². The molecule has 2 aromatic carbocycles. The van der Waals surface area contributed by atoms with Gasteiger partial charge in [0.1, 0.15) is 27.5 Å². The molecule has 68 heavy (non-hydrogen) atoms. The van der Waals surface area contributed by atoms with E-state index in [-0.39, 0.29) is 85.4 Å². The minimum Gasteiger partial charge on any atom is -0.385 e. The molecule has 4 aromatic rings. The van der Waals surface area contributed by atoms with Crippen molar-refractivity contribution in [3.63, 3.8) is 0 Å². The van der Waals surface area contributed by atoms with Crippen molar-refractivity contribution in [1.82, 2.24) is 19.8 Å². The van der Waals surface area contributed by atoms with E-state index in [1.54, 1.807) is 64.7 Å². The maximum atomic E-state index is 14.8. The number of hydrogen-bond acceptors (Lipinski definition) is 10. The van der Waals surface area contributed by atoms with Crippen LogP contribution < -0.4 is 62.9 Å². The summed E-state index contributed by atoms with van der Waals surface area (Å²) < 4.78 is 66.9. The third-order valence-corrected chi connectivity index (χ3v) is 10.4. The van der Waals surface area contributed by atoms with Gasteiger partial charge in [-0.15, -0.1) is 5.92 Å². The van der Waals surface area contributed by atoms with Gasteiger partial charge >= 0.3 is 58.9 Å². The topological polar surface area (TPSA) is 211 Å². The number of nitrogens with zero attached hydrogens (tertiary/aromatic N) is 4. The molecule has 0 aliphatic carbocycles. The predicted molar refractivity (Wildman–Crippen MR) is 241 cm³/mol. The Balaban J connectivity index is 0.000000362. The standard InChI is InChI=1S/C23H24FN3O4.C13H12NO2.C10H12BrFN2O2.BF3.K/c1-27-11-10-23(30,22(27)29)9-8-15-5-3-6-16(13-15)19-18(24)14-17(7-4-12-31-2)20(26-19)21(25)28;1-14-10-9-13(16,12(14)15)8-7-11-5-3-2-4-6-11;1-16-4-2-3-6-5-7(12)9(11)14-8(6)10(13)15;2-1(3)4;/h3,5-6,13-14,30H,4,7,10-12H2,1-2H3,(H2,25,28);2-3,5-6,16H,9-10H2,1H3;5H,2-4H2,1H3,(H2,13,15);;/q;-1;;;+1/t23-;13-;;;/m00.../s1. The molecule has 4 amide bonds. The zero-order chi connectivity index (χ0) is 49.9. The first kappa shape index (κ1) is 59.5. The van der Waals surface area contributed by atoms with Gasteiger partial charge in [-0.1, -0.05) is 35.5 Å². The smallest absolute Gasteiger partial charge is 0.385 e. The SMILES string of the molecule is CN1CC[C@@](O)(C#Cc2c[c-]ccc2)C1=O.COCCCc1cc(F)c(-c2cccc(C#C[C@]3(O)CCN(C)C3=O)c2)nc1C(N)=O.COCCCc1cc(F)c(Br)nc1C(N)=O.FB(F)F.[K+]. The number of hydrogen-bond donors (Lipinski definition) is 4. The van der Waals surface area contributed by atoms with Crippen molar-refractivity contribution < 1.29 is 112 Å². The first-order chi connectivity index (χ1) is 31.7. The van der Waals surface area contributed by atoms with Gasteiger partial charge in [-0.05, 0) is 77.0 Å². The van der Waals surface area contributed by atoms with Gasteiger partial charge in [0.2, 0.25) is 11.2 Å². The number of pyridine rings is 2. The van der Waals surface area contributed by atoms with Gasteiger partial charge in [-0.3, -0.25) is 32.1 Å². The Morgan fingerprint density at radius 1 is 0.809 bits per heavy atom. The number of likely N-dealkylation sites (tertiary alicyclic amines) is 2. The quantitative estimate of drug-likeness (QED) is 0.0425. The summed E-state index contributed by atoms with van der Waals surface area (Å²) in [6.07, 6.45) is 2.77. The summed E-state index contributed by atoms with van der Waals surface area (Å²) in [7, 11) is 2.74. The van der Waals surface area contributed by atoms with Crippen LogP contribution in [0.4, 0.5) is 21.7 Å². The second-order valence-corrected chi connectivity index (χ2v) is 15.6. The van der Waals surface area contributed by atoms with Gasteiger partial charge in [0.05, 0.1) is 0 Å². The summed E-state index contributed by atoms with van der Waals surface area (Å²) in [4.78, 5) is 57.5. The minimum absolute atomic E-state index is 0. The van der Waals surface area contributed by atoms with Crippen LogP contribution in [0.3, 0.4) is 0 Å². The number of nitrogens with two attached hydrogens (primary N) is 2. The normalized spacial score (nSPS) is 16.8. The number of ether oxygens (including phenoxy) is 2. The molecule has 0 unspecified atom stereocenters. The maximum Gasteiger partial charge on any atom is 1.00 e. The molecule has 22 heteroatoms. The van der Waals surface area contributed by atoms with E-state index >= 15 is 0 Å². The number of amides is 4. The number of aromatic nitrogens is 2. The van der Waals surface area contributed by atoms with Crippen molar-refractivity contribution in [3.05, 3.63) is 117 Å². The molecule has 0 bridgehead atoms. The van der Waals surface area contributed by atoms with Crippen LogP contribution in [-0.2, 0) is 31.9 Å². The van der Waals surface area contributed by atoms with Crippen LogP contribution in [0.1, 0.15) is 68.9 Å². The largest absolute Gasteiger partial charge is 1.00 e. The number of methoxy groups -OCH3 is 2. The maximum absolute atomic E-state index is 14.8. The first-order valence-electron chi connectivity index (χ1n) is 20.3. The van der Waals surface area contributed by atoms with Crippen LogP contribution in [0.15, 0.2) is 65.3 Å². The fourth-order valence-electron chi connectivity index (χ4n) is 6.36. The van der Waals surface area contributed by atoms with Crippen LogP contribution in [0.25, 0.3) is 11.3 Å². The fraction of sp³-hybridized carbons (Fsp3) is 0.348. The summed E-state index contributed by atoms with van der Waals surface area (Å²) in [5, 5.41) is 20.5. The van der Waals surface area contributed by atoms with Crippen molar-refractivity contribution in [1.29, 1.82) is 0 Å². The Bertz CT molecular complexity index is 2510. The second kappa shape index (κ2) is 28.8. The molecule has 2 saturated heterocycles. The molecule has 6 N–H and O–H groups in total. The van der Waals surface area contributed by atoms with Crippen molar-refractivity contribution in [2.45, 2.75) is 49.7 Å². The summed E-state index contributed by atoms with van der Waals surface area (Å²) in [6, 6.07) is 19.1. The molecule has 6 rings (SSSR count). The van der Waals surface area contributed by atoms with E-state index in [0.29, 0.717) is 80.7 Å². The third kappa shape index (κ3) is 18.1. The fourth-order valence-corrected chi connectivity index (χ4v) is 6.65. The van der Waals surface area contributed by atoms with Crippen LogP contribution >= 0.6 is 15.9 Å². The number of aryl methyl sites for hydroxylation is 2. The van der Waals surface area contributed by atoms with E-state index in [0.717, 1.165) is 5.56 Å². The molecular weight excluding hydrogens is 989 g/mol. The third-order valence-electron chi connectivity index (χ3n) is 9.81. The zero-order valence-electron chi connectivity index (χ0n) is 38.0. The van der Waals surface area contributed by atoms with Crippen molar-refractivity contribution >= 4 is 47.1 Å². The Morgan fingerprint density at radius 3 is 1.72 bits per heavy atom. The van der Waals surface area contributed by atoms with Crippen LogP contribution in [0.5, 0.6) is 0 Å². The molecule has 2 aliphatic rings. The second-order valence-electron chi connectivity index (χ2n) is 14.8.